The number of alkyl halides is 1. The molecule has 50 valence electrons. The molecule has 8 heavy (non-hydrogen) atoms. The number of aliphatic carboxylic acids is 1. The van der Waals surface area contributed by atoms with Gasteiger partial charge >= 0.3 is 5.97 Å². The molecular formula is C4H8BrClO2. The summed E-state index contributed by atoms with van der Waals surface area (Å²) in [6.07, 6.45) is 0.987. The van der Waals surface area contributed by atoms with E-state index in [1.54, 1.807) is 0 Å². The van der Waals surface area contributed by atoms with E-state index in [9.17, 15) is 4.79 Å². The largest absolute Gasteiger partial charge is 0.481 e. The maximum absolute atomic E-state index is 9.74. The summed E-state index contributed by atoms with van der Waals surface area (Å²) in [7, 11) is 0. The Morgan fingerprint density at radius 1 is 1.62 bits per heavy atom. The summed E-state index contributed by atoms with van der Waals surface area (Å²) in [4.78, 5) is 9.74. The monoisotopic (exact) mass is 202 g/mol. The van der Waals surface area contributed by atoms with Crippen LogP contribution in [0.1, 0.15) is 12.8 Å². The van der Waals surface area contributed by atoms with Gasteiger partial charge in [0.15, 0.2) is 0 Å². The van der Waals surface area contributed by atoms with E-state index in [2.05, 4.69) is 15.9 Å². The average molecular weight is 203 g/mol. The molecule has 0 radical (unpaired) electrons. The zero-order valence-electron chi connectivity index (χ0n) is 4.26. The highest BCUT2D eigenvalue weighted by Crippen LogP contribution is 1.91. The number of carbonyl (C=O) groups is 1. The summed E-state index contributed by atoms with van der Waals surface area (Å²) in [5.41, 5.74) is 0. The molecule has 2 nitrogen and oxygen atoms in total. The van der Waals surface area contributed by atoms with E-state index in [1.165, 1.54) is 0 Å². The Hall–Kier alpha value is 0.240. The lowest BCUT2D eigenvalue weighted by Crippen LogP contribution is -1.93. The molecule has 0 atom stereocenters. The van der Waals surface area contributed by atoms with E-state index in [1.807, 2.05) is 0 Å². The van der Waals surface area contributed by atoms with Crippen molar-refractivity contribution in [3.8, 4) is 0 Å². The Balaban J connectivity index is 0. The molecule has 0 spiro atoms. The second kappa shape index (κ2) is 7.24. The van der Waals surface area contributed by atoms with Crippen molar-refractivity contribution in [2.24, 2.45) is 0 Å². The van der Waals surface area contributed by atoms with Crippen molar-refractivity contribution >= 4 is 34.3 Å². The van der Waals surface area contributed by atoms with Crippen LogP contribution in [0.5, 0.6) is 0 Å². The van der Waals surface area contributed by atoms with Crippen LogP contribution >= 0.6 is 28.3 Å². The lowest BCUT2D eigenvalue weighted by Gasteiger charge is -1.84. The van der Waals surface area contributed by atoms with Gasteiger partial charge in [-0.2, -0.15) is 0 Å². The topological polar surface area (TPSA) is 37.3 Å². The van der Waals surface area contributed by atoms with Gasteiger partial charge in [0.25, 0.3) is 0 Å². The van der Waals surface area contributed by atoms with Gasteiger partial charge in [0, 0.05) is 11.8 Å². The quantitative estimate of drug-likeness (QED) is 0.709. The van der Waals surface area contributed by atoms with Crippen molar-refractivity contribution in [1.29, 1.82) is 0 Å². The zero-order valence-corrected chi connectivity index (χ0v) is 6.67. The molecule has 0 aliphatic carbocycles. The molecule has 0 heterocycles. The Morgan fingerprint density at radius 2 is 2.12 bits per heavy atom. The molecule has 0 aromatic heterocycles. The second-order valence-corrected chi connectivity index (χ2v) is 1.98. The molecule has 0 saturated heterocycles. The second-order valence-electron chi connectivity index (χ2n) is 1.19. The van der Waals surface area contributed by atoms with Crippen molar-refractivity contribution in [3.05, 3.63) is 0 Å². The van der Waals surface area contributed by atoms with Gasteiger partial charge in [0.2, 0.25) is 0 Å². The minimum atomic E-state index is -0.723. The van der Waals surface area contributed by atoms with E-state index >= 15 is 0 Å². The number of carboxylic acids is 1. The van der Waals surface area contributed by atoms with Crippen molar-refractivity contribution in [2.75, 3.05) is 5.33 Å². The third-order valence-corrected chi connectivity index (χ3v) is 1.09. The number of carboxylic acid groups (broad SMARTS) is 1. The van der Waals surface area contributed by atoms with Crippen LogP contribution < -0.4 is 0 Å². The minimum absolute atomic E-state index is 0. The first-order chi connectivity index (χ1) is 3.27. The maximum Gasteiger partial charge on any atom is 0.303 e. The molecule has 0 aliphatic rings. The van der Waals surface area contributed by atoms with Crippen molar-refractivity contribution in [3.63, 3.8) is 0 Å². The summed E-state index contributed by atoms with van der Waals surface area (Å²) in [5, 5.41) is 8.80. The molecule has 0 saturated carbocycles. The van der Waals surface area contributed by atoms with Gasteiger partial charge in [0.05, 0.1) is 0 Å². The minimum Gasteiger partial charge on any atom is -0.481 e. The van der Waals surface area contributed by atoms with Gasteiger partial charge in [-0.25, -0.2) is 0 Å². The molecule has 0 aliphatic heterocycles. The predicted molar refractivity (Wildman–Crippen MR) is 37.9 cm³/mol. The predicted octanol–water partition coefficient (Wildman–Crippen LogP) is 1.67. The van der Waals surface area contributed by atoms with Crippen LogP contribution in [-0.4, -0.2) is 16.4 Å². The van der Waals surface area contributed by atoms with Crippen LogP contribution in [0.3, 0.4) is 0 Å². The SMILES string of the molecule is Cl.O=C(O)CCCBr. The average Bonchev–Trinajstić information content (AvgIpc) is 1.61. The normalized spacial score (nSPS) is 7.62. The number of halogens is 2. The van der Waals surface area contributed by atoms with E-state index in [-0.39, 0.29) is 18.8 Å². The van der Waals surface area contributed by atoms with E-state index in [0.717, 1.165) is 11.8 Å². The molecule has 0 aromatic carbocycles. The molecule has 0 unspecified atom stereocenters. The molecular weight excluding hydrogens is 195 g/mol. The van der Waals surface area contributed by atoms with Gasteiger partial charge in [0.1, 0.15) is 0 Å². The Morgan fingerprint density at radius 3 is 2.25 bits per heavy atom. The fraction of sp³-hybridized carbons (Fsp3) is 0.750. The fourth-order valence-electron chi connectivity index (χ4n) is 0.218. The van der Waals surface area contributed by atoms with Crippen LogP contribution in [0.4, 0.5) is 0 Å². The van der Waals surface area contributed by atoms with Gasteiger partial charge in [-0.1, -0.05) is 15.9 Å². The molecule has 1 N–H and O–H groups in total. The Kier molecular flexibility index (Phi) is 10.0. The van der Waals surface area contributed by atoms with Crippen molar-refractivity contribution in [1.82, 2.24) is 0 Å². The van der Waals surface area contributed by atoms with Crippen molar-refractivity contribution in [2.45, 2.75) is 12.8 Å². The van der Waals surface area contributed by atoms with E-state index < -0.39 is 5.97 Å². The highest BCUT2D eigenvalue weighted by Gasteiger charge is 1.91. The molecule has 0 aromatic rings. The van der Waals surface area contributed by atoms with Crippen LogP contribution in [0.25, 0.3) is 0 Å². The first-order valence-electron chi connectivity index (χ1n) is 2.05. The molecule has 0 amide bonds. The third kappa shape index (κ3) is 9.53. The first-order valence-corrected chi connectivity index (χ1v) is 3.17. The smallest absolute Gasteiger partial charge is 0.303 e. The van der Waals surface area contributed by atoms with Gasteiger partial charge in [-0.15, -0.1) is 12.4 Å². The van der Waals surface area contributed by atoms with Gasteiger partial charge < -0.3 is 5.11 Å². The standard InChI is InChI=1S/C4H7BrO2.ClH/c5-3-1-2-4(6)7;/h1-3H2,(H,6,7);1H. The summed E-state index contributed by atoms with van der Waals surface area (Å²) < 4.78 is 0. The highest BCUT2D eigenvalue weighted by molar-refractivity contribution is 9.09. The first kappa shape index (κ1) is 11.1. The molecule has 4 heteroatoms. The molecule has 0 rings (SSSR count). The zero-order chi connectivity index (χ0) is 5.70. The van der Waals surface area contributed by atoms with E-state index in [0.29, 0.717) is 0 Å². The van der Waals surface area contributed by atoms with Crippen LogP contribution in [0.15, 0.2) is 0 Å². The van der Waals surface area contributed by atoms with Crippen molar-refractivity contribution < 1.29 is 9.90 Å². The lowest BCUT2D eigenvalue weighted by molar-refractivity contribution is -0.137. The lowest BCUT2D eigenvalue weighted by atomic mass is 10.3. The Labute approximate surface area is 62.8 Å². The number of hydrogen-bond acceptors (Lipinski definition) is 1. The fourth-order valence-corrected chi connectivity index (χ4v) is 0.498. The number of rotatable bonds is 3. The molecule has 0 fully saturated rings. The summed E-state index contributed by atoms with van der Waals surface area (Å²) in [6, 6.07) is 0. The summed E-state index contributed by atoms with van der Waals surface area (Å²) >= 11 is 3.11. The highest BCUT2D eigenvalue weighted by atomic mass is 79.9. The summed E-state index contributed by atoms with van der Waals surface area (Å²) in [5.74, 6) is -0.723. The van der Waals surface area contributed by atoms with Crippen LogP contribution in [0, 0.1) is 0 Å². The van der Waals surface area contributed by atoms with Gasteiger partial charge in [-0.05, 0) is 6.42 Å². The third-order valence-electron chi connectivity index (χ3n) is 0.524. The Bertz CT molecular complexity index is 67.1. The van der Waals surface area contributed by atoms with E-state index in [4.69, 9.17) is 5.11 Å². The molecule has 0 bridgehead atoms. The number of hydrogen-bond donors (Lipinski definition) is 1. The van der Waals surface area contributed by atoms with Gasteiger partial charge in [-0.3, -0.25) is 4.79 Å². The van der Waals surface area contributed by atoms with Crippen LogP contribution in [-0.2, 0) is 4.79 Å². The van der Waals surface area contributed by atoms with Crippen LogP contribution in [0.2, 0.25) is 0 Å². The summed E-state index contributed by atoms with van der Waals surface area (Å²) in [6.45, 7) is 0. The maximum atomic E-state index is 9.74.